The van der Waals surface area contributed by atoms with Crippen LogP contribution in [0.4, 0.5) is 0 Å². The lowest BCUT2D eigenvalue weighted by atomic mass is 9.97. The van der Waals surface area contributed by atoms with Crippen LogP contribution < -0.4 is 0 Å². The van der Waals surface area contributed by atoms with Crippen LogP contribution in [0.25, 0.3) is 22.2 Å². The van der Waals surface area contributed by atoms with Crippen LogP contribution in [0.5, 0.6) is 0 Å². The highest BCUT2D eigenvalue weighted by Gasteiger charge is 2.14. The van der Waals surface area contributed by atoms with Gasteiger partial charge < -0.3 is 5.11 Å². The Balaban J connectivity index is 2.39. The number of fused-ring (bicyclic) bond motifs is 1. The first-order valence-electron chi connectivity index (χ1n) is 6.24. The third kappa shape index (κ3) is 2.09. The number of aliphatic hydroxyl groups excluding tert-OH is 1. The zero-order chi connectivity index (χ0) is 13.2. The quantitative estimate of drug-likeness (QED) is 0.758. The summed E-state index contributed by atoms with van der Waals surface area (Å²) < 4.78 is 0. The average molecular weight is 250 g/mol. The smallest absolute Gasteiger partial charge is 0.0783 e. The highest BCUT2D eigenvalue weighted by molar-refractivity contribution is 5.95. The topological polar surface area (TPSA) is 46.0 Å². The average Bonchev–Trinajstić information content (AvgIpc) is 2.46. The second-order valence-corrected chi connectivity index (χ2v) is 4.50. The minimum absolute atomic E-state index is 0.575. The van der Waals surface area contributed by atoms with Gasteiger partial charge in [-0.15, -0.1) is 0 Å². The summed E-state index contributed by atoms with van der Waals surface area (Å²) in [5.41, 5.74) is 3.53. The number of para-hydroxylation sites is 1. The van der Waals surface area contributed by atoms with Crippen molar-refractivity contribution in [1.29, 1.82) is 0 Å². The van der Waals surface area contributed by atoms with Gasteiger partial charge in [-0.2, -0.15) is 0 Å². The largest absolute Gasteiger partial charge is 0.389 e. The fourth-order valence-corrected chi connectivity index (χ4v) is 2.27. The van der Waals surface area contributed by atoms with Gasteiger partial charge in [0.2, 0.25) is 0 Å². The van der Waals surface area contributed by atoms with Crippen LogP contribution in [0.15, 0.2) is 54.9 Å². The van der Waals surface area contributed by atoms with Crippen molar-refractivity contribution in [2.75, 3.05) is 0 Å². The lowest BCUT2D eigenvalue weighted by molar-refractivity contribution is 0.199. The lowest BCUT2D eigenvalue weighted by Crippen LogP contribution is -1.99. The molecule has 0 aliphatic rings. The van der Waals surface area contributed by atoms with E-state index in [0.717, 1.165) is 27.7 Å². The van der Waals surface area contributed by atoms with E-state index in [1.54, 1.807) is 19.3 Å². The maximum atomic E-state index is 9.96. The summed E-state index contributed by atoms with van der Waals surface area (Å²) in [5.74, 6) is 0. The van der Waals surface area contributed by atoms with E-state index in [4.69, 9.17) is 0 Å². The molecule has 3 heteroatoms. The minimum atomic E-state index is -0.575. The Bertz CT molecular complexity index is 708. The molecule has 94 valence electrons. The predicted octanol–water partition coefficient (Wildman–Crippen LogP) is 3.35. The second kappa shape index (κ2) is 4.78. The summed E-state index contributed by atoms with van der Waals surface area (Å²) >= 11 is 0. The molecule has 0 fully saturated rings. The second-order valence-electron chi connectivity index (χ2n) is 4.50. The maximum Gasteiger partial charge on any atom is 0.0783 e. The Morgan fingerprint density at radius 3 is 2.53 bits per heavy atom. The zero-order valence-electron chi connectivity index (χ0n) is 10.6. The van der Waals surface area contributed by atoms with Gasteiger partial charge >= 0.3 is 0 Å². The lowest BCUT2D eigenvalue weighted by Gasteiger charge is -2.14. The Morgan fingerprint density at radius 1 is 1.00 bits per heavy atom. The van der Waals surface area contributed by atoms with Crippen LogP contribution in [-0.2, 0) is 0 Å². The van der Waals surface area contributed by atoms with E-state index in [9.17, 15) is 5.11 Å². The van der Waals surface area contributed by atoms with E-state index in [1.165, 1.54) is 0 Å². The molecule has 3 aromatic rings. The van der Waals surface area contributed by atoms with Gasteiger partial charge in [-0.25, -0.2) is 0 Å². The van der Waals surface area contributed by atoms with Crippen molar-refractivity contribution in [3.63, 3.8) is 0 Å². The van der Waals surface area contributed by atoms with Crippen molar-refractivity contribution in [1.82, 2.24) is 9.97 Å². The maximum absolute atomic E-state index is 9.96. The summed E-state index contributed by atoms with van der Waals surface area (Å²) in [6.07, 6.45) is 2.92. The van der Waals surface area contributed by atoms with Crippen molar-refractivity contribution in [2.45, 2.75) is 13.0 Å². The van der Waals surface area contributed by atoms with E-state index in [0.29, 0.717) is 0 Å². The molecule has 0 saturated heterocycles. The number of rotatable bonds is 2. The van der Waals surface area contributed by atoms with E-state index in [2.05, 4.69) is 9.97 Å². The van der Waals surface area contributed by atoms with Crippen molar-refractivity contribution >= 4 is 10.9 Å². The van der Waals surface area contributed by atoms with Gasteiger partial charge in [0, 0.05) is 28.9 Å². The molecule has 0 bridgehead atoms. The van der Waals surface area contributed by atoms with Gasteiger partial charge in [0.25, 0.3) is 0 Å². The molecule has 1 atom stereocenters. The summed E-state index contributed by atoms with van der Waals surface area (Å²) in [6, 6.07) is 13.7. The molecule has 3 nitrogen and oxygen atoms in total. The summed E-state index contributed by atoms with van der Waals surface area (Å²) in [5, 5.41) is 11.0. The molecule has 2 aromatic heterocycles. The van der Waals surface area contributed by atoms with Gasteiger partial charge in [0.1, 0.15) is 0 Å². The standard InChI is InChI=1S/C16H14N2O/c1-11(19)13-10-18-14-7-3-2-6-12(14)16(13)15-8-4-5-9-17-15/h2-11,19H,1H3/t11-/m0/s1. The molecule has 2 heterocycles. The number of pyridine rings is 2. The fraction of sp³-hybridized carbons (Fsp3) is 0.125. The Kier molecular flexibility index (Phi) is 2.97. The third-order valence-corrected chi connectivity index (χ3v) is 3.18. The van der Waals surface area contributed by atoms with Crippen molar-refractivity contribution in [2.24, 2.45) is 0 Å². The van der Waals surface area contributed by atoms with Gasteiger partial charge in [0.05, 0.1) is 17.3 Å². The Hall–Kier alpha value is -2.26. The molecule has 0 radical (unpaired) electrons. The van der Waals surface area contributed by atoms with Crippen LogP contribution in [0.2, 0.25) is 0 Å². The molecule has 1 aromatic carbocycles. The van der Waals surface area contributed by atoms with Gasteiger partial charge in [-0.3, -0.25) is 9.97 Å². The first-order chi connectivity index (χ1) is 9.27. The summed E-state index contributed by atoms with van der Waals surface area (Å²) in [7, 11) is 0. The number of hydrogen-bond donors (Lipinski definition) is 1. The number of aromatic nitrogens is 2. The molecule has 0 aliphatic carbocycles. The predicted molar refractivity (Wildman–Crippen MR) is 75.6 cm³/mol. The monoisotopic (exact) mass is 250 g/mol. The van der Waals surface area contributed by atoms with Crippen LogP contribution in [-0.4, -0.2) is 15.1 Å². The van der Waals surface area contributed by atoms with E-state index < -0.39 is 6.10 Å². The molecule has 3 rings (SSSR count). The zero-order valence-corrected chi connectivity index (χ0v) is 10.6. The molecule has 0 spiro atoms. The third-order valence-electron chi connectivity index (χ3n) is 3.18. The normalized spacial score (nSPS) is 12.5. The van der Waals surface area contributed by atoms with E-state index in [1.807, 2.05) is 42.5 Å². The highest BCUT2D eigenvalue weighted by Crippen LogP contribution is 2.32. The molecule has 0 aliphatic heterocycles. The van der Waals surface area contributed by atoms with Crippen LogP contribution in [0, 0.1) is 0 Å². The summed E-state index contributed by atoms with van der Waals surface area (Å²) in [4.78, 5) is 8.80. The highest BCUT2D eigenvalue weighted by atomic mass is 16.3. The fourth-order valence-electron chi connectivity index (χ4n) is 2.27. The van der Waals surface area contributed by atoms with Gasteiger partial charge in [0.15, 0.2) is 0 Å². The van der Waals surface area contributed by atoms with Crippen LogP contribution in [0.3, 0.4) is 0 Å². The molecule has 0 amide bonds. The Morgan fingerprint density at radius 2 is 1.79 bits per heavy atom. The van der Waals surface area contributed by atoms with E-state index >= 15 is 0 Å². The Labute approximate surface area is 111 Å². The van der Waals surface area contributed by atoms with E-state index in [-0.39, 0.29) is 0 Å². The van der Waals surface area contributed by atoms with Crippen LogP contribution in [0.1, 0.15) is 18.6 Å². The van der Waals surface area contributed by atoms with Crippen molar-refractivity contribution in [3.8, 4) is 11.3 Å². The van der Waals surface area contributed by atoms with Gasteiger partial charge in [-0.05, 0) is 25.1 Å². The number of aliphatic hydroxyl groups is 1. The minimum Gasteiger partial charge on any atom is -0.389 e. The summed E-state index contributed by atoms with van der Waals surface area (Å²) in [6.45, 7) is 1.75. The molecule has 0 unspecified atom stereocenters. The molecule has 19 heavy (non-hydrogen) atoms. The number of benzene rings is 1. The van der Waals surface area contributed by atoms with Crippen molar-refractivity contribution in [3.05, 3.63) is 60.4 Å². The molecule has 0 saturated carbocycles. The first-order valence-corrected chi connectivity index (χ1v) is 6.24. The first kappa shape index (κ1) is 11.8. The SMILES string of the molecule is C[C@H](O)c1cnc2ccccc2c1-c1ccccn1. The van der Waals surface area contributed by atoms with Crippen LogP contribution >= 0.6 is 0 Å². The van der Waals surface area contributed by atoms with Gasteiger partial charge in [-0.1, -0.05) is 24.3 Å². The number of nitrogens with zero attached hydrogens (tertiary/aromatic N) is 2. The van der Waals surface area contributed by atoms with Crippen molar-refractivity contribution < 1.29 is 5.11 Å². The molecule has 1 N–H and O–H groups in total. The molecular formula is C16H14N2O. The number of hydrogen-bond acceptors (Lipinski definition) is 3. The molecular weight excluding hydrogens is 236 g/mol.